The Hall–Kier alpha value is -0.0200. The molecule has 0 aromatic heterocycles. The number of nitrogens with zero attached hydrogens (tertiary/aromatic N) is 1. The minimum absolute atomic E-state index is 0.739. The number of benzene rings is 1. The lowest BCUT2D eigenvalue weighted by atomic mass is 10.0. The Morgan fingerprint density at radius 2 is 1.78 bits per heavy atom. The number of anilines is 1. The number of likely N-dealkylation sites (tertiary alicyclic amines) is 1. The van der Waals surface area contributed by atoms with E-state index in [0.717, 1.165) is 54.6 Å². The van der Waals surface area contributed by atoms with E-state index in [2.05, 4.69) is 72.5 Å². The molecular formula is C18H27I2N2O+. The number of hydrogen-bond acceptors (Lipinski definition) is 2. The van der Waals surface area contributed by atoms with Crippen molar-refractivity contribution >= 4 is 50.9 Å². The topological polar surface area (TPSA) is 35.2 Å². The van der Waals surface area contributed by atoms with Gasteiger partial charge in [-0.25, -0.2) is 0 Å². The number of halogens is 2. The van der Waals surface area contributed by atoms with Gasteiger partial charge in [-0.3, -0.25) is 0 Å². The zero-order valence-electron chi connectivity index (χ0n) is 14.2. The van der Waals surface area contributed by atoms with Gasteiger partial charge in [0.2, 0.25) is 0 Å². The molecule has 0 aliphatic carbocycles. The van der Waals surface area contributed by atoms with E-state index < -0.39 is 0 Å². The highest BCUT2D eigenvalue weighted by atomic mass is 127. The molecule has 1 aromatic rings. The van der Waals surface area contributed by atoms with E-state index in [1.807, 2.05) is 12.1 Å². The lowest BCUT2D eigenvalue weighted by Crippen LogP contribution is -2.49. The first-order chi connectivity index (χ1) is 10.7. The maximum atomic E-state index is 6.15. The summed E-state index contributed by atoms with van der Waals surface area (Å²) in [7, 11) is 0. The van der Waals surface area contributed by atoms with Crippen molar-refractivity contribution < 1.29 is 9.22 Å². The highest BCUT2D eigenvalue weighted by Crippen LogP contribution is 2.32. The summed E-state index contributed by atoms with van der Waals surface area (Å²) in [5.74, 6) is 2.51. The van der Waals surface area contributed by atoms with Gasteiger partial charge in [-0.1, -0.05) is 20.4 Å². The lowest BCUT2D eigenvalue weighted by molar-refractivity contribution is -0.914. The van der Waals surface area contributed by atoms with E-state index in [0.29, 0.717) is 0 Å². The van der Waals surface area contributed by atoms with Gasteiger partial charge in [-0.2, -0.15) is 0 Å². The van der Waals surface area contributed by atoms with Gasteiger partial charge in [-0.15, -0.1) is 0 Å². The molecule has 1 heterocycles. The SMILES string of the molecule is C=C(C)C[N+]1(CCOc2c(I)cc(N)cc2I)CC(C)C(C)C1. The summed E-state index contributed by atoms with van der Waals surface area (Å²) in [6.07, 6.45) is 0. The first-order valence-corrected chi connectivity index (χ1v) is 10.2. The minimum Gasteiger partial charge on any atom is -0.485 e. The molecule has 1 saturated heterocycles. The summed E-state index contributed by atoms with van der Waals surface area (Å²) >= 11 is 4.60. The molecule has 3 nitrogen and oxygen atoms in total. The summed E-state index contributed by atoms with van der Waals surface area (Å²) < 4.78 is 9.43. The number of ether oxygens (including phenoxy) is 1. The van der Waals surface area contributed by atoms with Crippen LogP contribution in [-0.2, 0) is 0 Å². The molecule has 1 aliphatic rings. The van der Waals surface area contributed by atoms with Crippen LogP contribution in [0.25, 0.3) is 0 Å². The first-order valence-electron chi connectivity index (χ1n) is 8.09. The molecular weight excluding hydrogens is 514 g/mol. The van der Waals surface area contributed by atoms with Gasteiger partial charge in [0.25, 0.3) is 0 Å². The van der Waals surface area contributed by atoms with Crippen LogP contribution in [0.5, 0.6) is 5.75 Å². The lowest BCUT2D eigenvalue weighted by Gasteiger charge is -2.35. The van der Waals surface area contributed by atoms with Crippen LogP contribution in [0.4, 0.5) is 5.69 Å². The molecule has 1 aromatic carbocycles. The van der Waals surface area contributed by atoms with Crippen LogP contribution in [0.2, 0.25) is 0 Å². The third-order valence-electron chi connectivity index (χ3n) is 4.76. The summed E-state index contributed by atoms with van der Waals surface area (Å²) in [5, 5.41) is 0. The van der Waals surface area contributed by atoms with Gasteiger partial charge in [-0.05, 0) is 69.8 Å². The van der Waals surface area contributed by atoms with E-state index >= 15 is 0 Å². The van der Waals surface area contributed by atoms with Crippen molar-refractivity contribution in [2.24, 2.45) is 11.8 Å². The molecule has 5 heteroatoms. The van der Waals surface area contributed by atoms with Crippen LogP contribution < -0.4 is 10.5 Å². The quantitative estimate of drug-likeness (QED) is 0.249. The Morgan fingerprint density at radius 3 is 2.26 bits per heavy atom. The predicted octanol–water partition coefficient (Wildman–Crippen LogP) is 4.54. The fraction of sp³-hybridized carbons (Fsp3) is 0.556. The zero-order valence-corrected chi connectivity index (χ0v) is 18.6. The van der Waals surface area contributed by atoms with E-state index in [9.17, 15) is 0 Å². The Kier molecular flexibility index (Phi) is 6.64. The number of hydrogen-bond donors (Lipinski definition) is 1. The monoisotopic (exact) mass is 541 g/mol. The van der Waals surface area contributed by atoms with Crippen LogP contribution in [-0.4, -0.2) is 37.3 Å². The van der Waals surface area contributed by atoms with Gasteiger partial charge in [0, 0.05) is 17.5 Å². The summed E-state index contributed by atoms with van der Waals surface area (Å²) in [5.41, 5.74) is 7.94. The molecule has 0 spiro atoms. The number of rotatable bonds is 6. The van der Waals surface area contributed by atoms with Gasteiger partial charge < -0.3 is 15.0 Å². The molecule has 0 saturated carbocycles. The van der Waals surface area contributed by atoms with Crippen molar-refractivity contribution in [3.05, 3.63) is 31.4 Å². The minimum atomic E-state index is 0.739. The molecule has 2 atom stereocenters. The molecule has 23 heavy (non-hydrogen) atoms. The maximum Gasteiger partial charge on any atom is 0.146 e. The van der Waals surface area contributed by atoms with Crippen molar-refractivity contribution in [2.75, 3.05) is 38.5 Å². The summed E-state index contributed by atoms with van der Waals surface area (Å²) in [4.78, 5) is 0. The Morgan fingerprint density at radius 1 is 1.26 bits per heavy atom. The van der Waals surface area contributed by atoms with Crippen molar-refractivity contribution in [3.63, 3.8) is 0 Å². The third-order valence-corrected chi connectivity index (χ3v) is 6.36. The van der Waals surface area contributed by atoms with E-state index in [1.54, 1.807) is 0 Å². The maximum absolute atomic E-state index is 6.15. The fourth-order valence-corrected chi connectivity index (χ4v) is 5.81. The molecule has 2 unspecified atom stereocenters. The smallest absolute Gasteiger partial charge is 0.146 e. The van der Waals surface area contributed by atoms with E-state index in [4.69, 9.17) is 10.5 Å². The summed E-state index contributed by atoms with van der Waals surface area (Å²) in [6.45, 7) is 16.3. The van der Waals surface area contributed by atoms with Crippen molar-refractivity contribution in [1.29, 1.82) is 0 Å². The number of nitrogen functional groups attached to an aromatic ring is 1. The summed E-state index contributed by atoms with van der Waals surface area (Å²) in [6, 6.07) is 3.94. The van der Waals surface area contributed by atoms with Crippen LogP contribution in [0.3, 0.4) is 0 Å². The second kappa shape index (κ2) is 7.91. The molecule has 0 bridgehead atoms. The van der Waals surface area contributed by atoms with E-state index in [-0.39, 0.29) is 0 Å². The molecule has 0 radical (unpaired) electrons. The van der Waals surface area contributed by atoms with Crippen LogP contribution in [0, 0.1) is 19.0 Å². The second-order valence-corrected chi connectivity index (χ2v) is 9.49. The highest BCUT2D eigenvalue weighted by molar-refractivity contribution is 14.1. The van der Waals surface area contributed by atoms with Gasteiger partial charge >= 0.3 is 0 Å². The van der Waals surface area contributed by atoms with Gasteiger partial charge in [0.05, 0.1) is 26.8 Å². The Balaban J connectivity index is 2.04. The fourth-order valence-electron chi connectivity index (χ4n) is 3.68. The Bertz CT molecular complexity index is 555. The zero-order chi connectivity index (χ0) is 17.2. The highest BCUT2D eigenvalue weighted by Gasteiger charge is 2.40. The van der Waals surface area contributed by atoms with Crippen molar-refractivity contribution in [1.82, 2.24) is 0 Å². The largest absolute Gasteiger partial charge is 0.485 e. The number of nitrogens with two attached hydrogens (primary N) is 1. The third kappa shape index (κ3) is 4.98. The predicted molar refractivity (Wildman–Crippen MR) is 115 cm³/mol. The van der Waals surface area contributed by atoms with Crippen LogP contribution >= 0.6 is 45.2 Å². The van der Waals surface area contributed by atoms with Crippen LogP contribution in [0.15, 0.2) is 24.3 Å². The first kappa shape index (κ1) is 19.3. The van der Waals surface area contributed by atoms with Gasteiger partial charge in [0.15, 0.2) is 0 Å². The average molecular weight is 541 g/mol. The van der Waals surface area contributed by atoms with Gasteiger partial charge in [0.1, 0.15) is 18.9 Å². The molecule has 1 fully saturated rings. The van der Waals surface area contributed by atoms with Crippen molar-refractivity contribution in [3.8, 4) is 5.75 Å². The normalized spacial score (nSPS) is 27.2. The molecule has 0 amide bonds. The second-order valence-electron chi connectivity index (χ2n) is 7.16. The Labute approximate surface area is 167 Å². The van der Waals surface area contributed by atoms with Crippen molar-refractivity contribution in [2.45, 2.75) is 20.8 Å². The van der Waals surface area contributed by atoms with Crippen LogP contribution in [0.1, 0.15) is 20.8 Å². The molecule has 2 N–H and O–H groups in total. The average Bonchev–Trinajstić information content (AvgIpc) is 2.67. The number of quaternary nitrogens is 1. The standard InChI is InChI=1S/C18H27I2N2O/c1-12(2)9-22(10-13(3)14(4)11-22)5-6-23-18-16(19)7-15(21)8-17(18)20/h7-8,13-14H,1,5-6,9-11,21H2,2-4H3/q+1. The molecule has 1 aliphatic heterocycles. The molecule has 128 valence electrons. The molecule has 2 rings (SSSR count). The van der Waals surface area contributed by atoms with E-state index in [1.165, 1.54) is 18.7 Å².